The molecule has 0 N–H and O–H groups in total. The Bertz CT molecular complexity index is 1140. The van der Waals surface area contributed by atoms with Crippen LogP contribution in [0.3, 0.4) is 0 Å². The standard InChI is InChI=1S/C21H20BrClN2O3S2/c1-12-7-15(22)8-13(2)20(12)25-17-10-30(27,28)11-18(17)29-21(25)24-19(26)9-14-5-3-4-6-16(14)23/h3-8,17-18H,9-11H2,1-2H3/t17-,18-/m0/s1. The van der Waals surface area contributed by atoms with Crippen LogP contribution in [0.1, 0.15) is 16.7 Å². The fraction of sp³-hybridized carbons (Fsp3) is 0.333. The van der Waals surface area contributed by atoms with Crippen molar-refractivity contribution in [3.63, 3.8) is 0 Å². The van der Waals surface area contributed by atoms with Gasteiger partial charge in [-0.25, -0.2) is 8.42 Å². The van der Waals surface area contributed by atoms with E-state index in [1.165, 1.54) is 11.8 Å². The number of amidine groups is 1. The van der Waals surface area contributed by atoms with Gasteiger partial charge in [0.05, 0.1) is 24.0 Å². The number of sulfone groups is 1. The van der Waals surface area contributed by atoms with E-state index in [9.17, 15) is 13.2 Å². The molecule has 1 amide bonds. The predicted octanol–water partition coefficient (Wildman–Crippen LogP) is 4.56. The van der Waals surface area contributed by atoms with Crippen molar-refractivity contribution in [1.29, 1.82) is 0 Å². The number of hydrogen-bond acceptors (Lipinski definition) is 4. The van der Waals surface area contributed by atoms with Crippen LogP contribution in [0.2, 0.25) is 5.02 Å². The Kier molecular flexibility index (Phi) is 6.05. The molecule has 2 heterocycles. The number of benzene rings is 2. The van der Waals surface area contributed by atoms with Gasteiger partial charge < -0.3 is 4.90 Å². The van der Waals surface area contributed by atoms with E-state index < -0.39 is 9.84 Å². The number of thioether (sulfide) groups is 1. The van der Waals surface area contributed by atoms with Crippen LogP contribution in [0.4, 0.5) is 5.69 Å². The van der Waals surface area contributed by atoms with Crippen molar-refractivity contribution in [1.82, 2.24) is 0 Å². The molecule has 2 aliphatic heterocycles. The average Bonchev–Trinajstić information content (AvgIpc) is 3.08. The summed E-state index contributed by atoms with van der Waals surface area (Å²) in [5, 5.41) is 0.958. The maximum atomic E-state index is 12.8. The normalized spacial score (nSPS) is 23.7. The molecular formula is C21H20BrClN2O3S2. The molecule has 0 aromatic heterocycles. The van der Waals surface area contributed by atoms with Crippen LogP contribution in [-0.4, -0.2) is 42.3 Å². The number of carbonyl (C=O) groups is 1. The number of amides is 1. The second-order valence-electron chi connectivity index (χ2n) is 7.62. The first-order valence-electron chi connectivity index (χ1n) is 9.42. The van der Waals surface area contributed by atoms with E-state index in [1.807, 2.05) is 49.1 Å². The summed E-state index contributed by atoms with van der Waals surface area (Å²) < 4.78 is 25.5. The molecule has 158 valence electrons. The molecule has 2 aromatic carbocycles. The first-order valence-corrected chi connectivity index (χ1v) is 13.3. The van der Waals surface area contributed by atoms with Crippen LogP contribution in [0.25, 0.3) is 0 Å². The van der Waals surface area contributed by atoms with Gasteiger partial charge in [-0.2, -0.15) is 4.99 Å². The highest BCUT2D eigenvalue weighted by Gasteiger charge is 2.50. The fourth-order valence-corrected chi connectivity index (χ4v) is 8.87. The maximum absolute atomic E-state index is 12.8. The van der Waals surface area contributed by atoms with Crippen molar-refractivity contribution < 1.29 is 13.2 Å². The molecule has 0 radical (unpaired) electrons. The Morgan fingerprint density at radius 1 is 1.23 bits per heavy atom. The van der Waals surface area contributed by atoms with Gasteiger partial charge in [0.15, 0.2) is 15.0 Å². The summed E-state index contributed by atoms with van der Waals surface area (Å²) in [5.74, 6) is -0.131. The van der Waals surface area contributed by atoms with E-state index in [1.54, 1.807) is 6.07 Å². The molecule has 2 fully saturated rings. The minimum absolute atomic E-state index is 0.0668. The van der Waals surface area contributed by atoms with Gasteiger partial charge in [0.1, 0.15) is 0 Å². The SMILES string of the molecule is Cc1cc(Br)cc(C)c1N1C(=NC(=O)Cc2ccccc2Cl)S[C@H]2CS(=O)(=O)C[C@@H]21. The highest BCUT2D eigenvalue weighted by atomic mass is 79.9. The van der Waals surface area contributed by atoms with Gasteiger partial charge in [-0.05, 0) is 48.7 Å². The summed E-state index contributed by atoms with van der Waals surface area (Å²) in [7, 11) is -3.12. The molecule has 0 aliphatic carbocycles. The van der Waals surface area contributed by atoms with Gasteiger partial charge in [-0.3, -0.25) is 4.79 Å². The van der Waals surface area contributed by atoms with Gasteiger partial charge in [0, 0.05) is 20.4 Å². The predicted molar refractivity (Wildman–Crippen MR) is 128 cm³/mol. The zero-order chi connectivity index (χ0) is 21.6. The molecule has 0 bridgehead atoms. The number of fused-ring (bicyclic) bond motifs is 1. The minimum atomic E-state index is -3.12. The minimum Gasteiger partial charge on any atom is -0.315 e. The van der Waals surface area contributed by atoms with Gasteiger partial charge >= 0.3 is 0 Å². The summed E-state index contributed by atoms with van der Waals surface area (Å²) in [6.45, 7) is 3.97. The molecular weight excluding hydrogens is 508 g/mol. The molecule has 0 unspecified atom stereocenters. The van der Waals surface area contributed by atoms with Crippen LogP contribution in [0, 0.1) is 13.8 Å². The average molecular weight is 528 g/mol. The van der Waals surface area contributed by atoms with Gasteiger partial charge in [0.25, 0.3) is 5.91 Å². The molecule has 30 heavy (non-hydrogen) atoms. The third kappa shape index (κ3) is 4.33. The van der Waals surface area contributed by atoms with E-state index in [0.29, 0.717) is 10.2 Å². The van der Waals surface area contributed by atoms with E-state index in [2.05, 4.69) is 20.9 Å². The van der Waals surface area contributed by atoms with E-state index >= 15 is 0 Å². The van der Waals surface area contributed by atoms with Crippen molar-refractivity contribution in [3.05, 3.63) is 62.6 Å². The lowest BCUT2D eigenvalue weighted by molar-refractivity contribution is -0.117. The van der Waals surface area contributed by atoms with Gasteiger partial charge in [-0.15, -0.1) is 0 Å². The molecule has 2 aliphatic rings. The third-order valence-electron chi connectivity index (χ3n) is 5.28. The lowest BCUT2D eigenvalue weighted by atomic mass is 10.1. The van der Waals surface area contributed by atoms with E-state index in [0.717, 1.165) is 26.9 Å². The Morgan fingerprint density at radius 2 is 1.90 bits per heavy atom. The van der Waals surface area contributed by atoms with Crippen LogP contribution in [-0.2, 0) is 21.1 Å². The zero-order valence-electron chi connectivity index (χ0n) is 16.4. The summed E-state index contributed by atoms with van der Waals surface area (Å²) in [4.78, 5) is 19.1. The summed E-state index contributed by atoms with van der Waals surface area (Å²) in [6.07, 6.45) is 0.101. The Hall–Kier alpha value is -1.35. The highest BCUT2D eigenvalue weighted by Crippen LogP contribution is 2.43. The molecule has 0 spiro atoms. The van der Waals surface area contributed by atoms with Crippen LogP contribution in [0.5, 0.6) is 0 Å². The Balaban J connectivity index is 1.73. The molecule has 9 heteroatoms. The number of carbonyl (C=O) groups excluding carboxylic acids is 1. The highest BCUT2D eigenvalue weighted by molar-refractivity contribution is 9.10. The first kappa shape index (κ1) is 21.9. The lowest BCUT2D eigenvalue weighted by Crippen LogP contribution is -2.38. The molecule has 5 nitrogen and oxygen atoms in total. The quantitative estimate of drug-likeness (QED) is 0.585. The summed E-state index contributed by atoms with van der Waals surface area (Å²) in [6, 6.07) is 11.0. The van der Waals surface area contributed by atoms with Crippen LogP contribution >= 0.6 is 39.3 Å². The number of anilines is 1. The topological polar surface area (TPSA) is 66.8 Å². The Morgan fingerprint density at radius 3 is 2.57 bits per heavy atom. The second kappa shape index (κ2) is 8.30. The van der Waals surface area contributed by atoms with E-state index in [4.69, 9.17) is 11.6 Å². The van der Waals surface area contributed by atoms with Crippen molar-refractivity contribution in [3.8, 4) is 0 Å². The van der Waals surface area contributed by atoms with Crippen molar-refractivity contribution in [2.75, 3.05) is 16.4 Å². The maximum Gasteiger partial charge on any atom is 0.252 e. The fourth-order valence-electron chi connectivity index (χ4n) is 4.06. The molecule has 0 saturated carbocycles. The van der Waals surface area contributed by atoms with Crippen molar-refractivity contribution in [2.24, 2.45) is 4.99 Å². The number of aliphatic imine (C=N–C) groups is 1. The Labute approximate surface area is 193 Å². The molecule has 2 saturated heterocycles. The molecule has 2 atom stereocenters. The monoisotopic (exact) mass is 526 g/mol. The van der Waals surface area contributed by atoms with Gasteiger partial charge in [0.2, 0.25) is 0 Å². The third-order valence-corrected chi connectivity index (χ3v) is 9.32. The number of rotatable bonds is 3. The number of nitrogens with zero attached hydrogens (tertiary/aromatic N) is 2. The second-order valence-corrected chi connectivity index (χ2v) is 12.3. The van der Waals surface area contributed by atoms with Crippen LogP contribution < -0.4 is 4.90 Å². The summed E-state index contributed by atoms with van der Waals surface area (Å²) in [5.41, 5.74) is 3.64. The summed E-state index contributed by atoms with van der Waals surface area (Å²) >= 11 is 11.1. The van der Waals surface area contributed by atoms with Crippen molar-refractivity contribution in [2.45, 2.75) is 31.6 Å². The molecule has 2 aromatic rings. The van der Waals surface area contributed by atoms with E-state index in [-0.39, 0.29) is 35.1 Å². The number of aryl methyl sites for hydroxylation is 2. The van der Waals surface area contributed by atoms with Crippen molar-refractivity contribution >= 4 is 65.9 Å². The molecule has 4 rings (SSSR count). The first-order chi connectivity index (χ1) is 14.1. The zero-order valence-corrected chi connectivity index (χ0v) is 20.4. The smallest absolute Gasteiger partial charge is 0.252 e. The number of hydrogen-bond donors (Lipinski definition) is 0. The number of halogens is 2. The largest absolute Gasteiger partial charge is 0.315 e. The lowest BCUT2D eigenvalue weighted by Gasteiger charge is -2.28. The van der Waals surface area contributed by atoms with Crippen LogP contribution in [0.15, 0.2) is 45.9 Å². The van der Waals surface area contributed by atoms with Gasteiger partial charge in [-0.1, -0.05) is 57.5 Å².